The molecule has 5 rings (SSSR count). The molecule has 2 heterocycles. The number of hydrogen-bond donors (Lipinski definition) is 1. The smallest absolute Gasteiger partial charge is 0.493 e. The monoisotopic (exact) mass is 527 g/mol. The fourth-order valence-corrected chi connectivity index (χ4v) is 4.80. The van der Waals surface area contributed by atoms with Crippen molar-refractivity contribution in [2.24, 2.45) is 0 Å². The summed E-state index contributed by atoms with van der Waals surface area (Å²) in [6.45, 7) is 1.38. The van der Waals surface area contributed by atoms with Gasteiger partial charge in [0.1, 0.15) is 18.2 Å². The second kappa shape index (κ2) is 10.8. The van der Waals surface area contributed by atoms with Crippen molar-refractivity contribution >= 4 is 12.0 Å². The summed E-state index contributed by atoms with van der Waals surface area (Å²) in [6.07, 6.45) is 3.18. The number of nitrogens with zero attached hydrogens (tertiary/aromatic N) is 2. The van der Waals surface area contributed by atoms with Crippen molar-refractivity contribution in [1.82, 2.24) is 14.9 Å². The molecule has 3 aromatic rings. The number of alkyl halides is 3. The lowest BCUT2D eigenvalue weighted by Gasteiger charge is -2.31. The molecule has 1 N–H and O–H groups in total. The number of benzene rings is 2. The van der Waals surface area contributed by atoms with Crippen molar-refractivity contribution in [3.05, 3.63) is 76.9 Å². The van der Waals surface area contributed by atoms with Crippen molar-refractivity contribution in [1.29, 1.82) is 0 Å². The predicted octanol–water partition coefficient (Wildman–Crippen LogP) is 5.88. The lowest BCUT2D eigenvalue weighted by molar-refractivity contribution is -0.274. The maximum Gasteiger partial charge on any atom is 0.573 e. The number of aryl methyl sites for hydroxylation is 1. The van der Waals surface area contributed by atoms with Gasteiger partial charge in [0.05, 0.1) is 12.8 Å². The number of rotatable bonds is 7. The summed E-state index contributed by atoms with van der Waals surface area (Å²) in [5.41, 5.74) is 3.38. The van der Waals surface area contributed by atoms with Crippen LogP contribution < -0.4 is 14.2 Å². The molecule has 10 heteroatoms. The van der Waals surface area contributed by atoms with Crippen LogP contribution in [0.4, 0.5) is 13.2 Å². The van der Waals surface area contributed by atoms with Gasteiger partial charge in [-0.3, -0.25) is 4.79 Å². The maximum absolute atomic E-state index is 13.2. The average molecular weight is 528 g/mol. The number of nitrogens with one attached hydrogen (secondary N) is 1. The molecule has 0 radical (unpaired) electrons. The number of amides is 1. The fourth-order valence-electron chi connectivity index (χ4n) is 4.80. The first kappa shape index (κ1) is 25.7. The van der Waals surface area contributed by atoms with Crippen LogP contribution in [0.5, 0.6) is 17.2 Å². The molecule has 0 spiro atoms. The number of hydrogen-bond acceptors (Lipinski definition) is 5. The van der Waals surface area contributed by atoms with Gasteiger partial charge in [0.2, 0.25) is 0 Å². The number of methoxy groups -OCH3 is 1. The second-order valence-corrected chi connectivity index (χ2v) is 9.34. The Balaban J connectivity index is 1.17. The zero-order valence-corrected chi connectivity index (χ0v) is 20.9. The zero-order chi connectivity index (χ0) is 26.7. The Hall–Kier alpha value is -3.95. The fraction of sp³-hybridized carbons (Fsp3) is 0.357. The molecule has 7 nitrogen and oxygen atoms in total. The Labute approximate surface area is 218 Å². The summed E-state index contributed by atoms with van der Waals surface area (Å²) in [4.78, 5) is 23.3. The van der Waals surface area contributed by atoms with Crippen LogP contribution in [0.15, 0.2) is 48.5 Å². The predicted molar refractivity (Wildman–Crippen MR) is 134 cm³/mol. The van der Waals surface area contributed by atoms with Gasteiger partial charge in [0, 0.05) is 30.3 Å². The van der Waals surface area contributed by atoms with E-state index in [1.54, 1.807) is 18.2 Å². The van der Waals surface area contributed by atoms with Crippen molar-refractivity contribution in [2.75, 3.05) is 20.2 Å². The molecule has 38 heavy (non-hydrogen) atoms. The van der Waals surface area contributed by atoms with Crippen molar-refractivity contribution in [3.8, 4) is 17.2 Å². The molecule has 0 unspecified atom stereocenters. The van der Waals surface area contributed by atoms with E-state index in [1.807, 2.05) is 4.90 Å². The number of halogens is 3. The van der Waals surface area contributed by atoms with E-state index in [9.17, 15) is 18.0 Å². The minimum atomic E-state index is -4.74. The van der Waals surface area contributed by atoms with Crippen LogP contribution in [-0.2, 0) is 13.0 Å². The number of H-pyrrole nitrogens is 1. The van der Waals surface area contributed by atoms with E-state index in [4.69, 9.17) is 14.5 Å². The molecule has 1 amide bonds. The molecule has 2 aliphatic rings. The first-order chi connectivity index (χ1) is 18.3. The molecule has 0 bridgehead atoms. The first-order valence-corrected chi connectivity index (χ1v) is 12.5. The van der Waals surface area contributed by atoms with Crippen molar-refractivity contribution < 1.29 is 32.2 Å². The molecular formula is C28H28F3N3O4. The van der Waals surface area contributed by atoms with Crippen LogP contribution in [0.3, 0.4) is 0 Å². The van der Waals surface area contributed by atoms with Crippen LogP contribution in [0.1, 0.15) is 58.3 Å². The van der Waals surface area contributed by atoms with Crippen molar-refractivity contribution in [3.63, 3.8) is 0 Å². The average Bonchev–Trinajstić information content (AvgIpc) is 3.36. The van der Waals surface area contributed by atoms with Crippen LogP contribution in [0.2, 0.25) is 0 Å². The van der Waals surface area contributed by atoms with E-state index in [0.717, 1.165) is 37.2 Å². The highest BCUT2D eigenvalue weighted by atomic mass is 19.4. The third-order valence-corrected chi connectivity index (χ3v) is 6.80. The van der Waals surface area contributed by atoms with Gasteiger partial charge in [0.15, 0.2) is 11.5 Å². The Bertz CT molecular complexity index is 1310. The minimum Gasteiger partial charge on any atom is -0.493 e. The van der Waals surface area contributed by atoms with Gasteiger partial charge in [-0.25, -0.2) is 4.98 Å². The number of piperidine rings is 1. The summed E-state index contributed by atoms with van der Waals surface area (Å²) in [5, 5.41) is 0. The summed E-state index contributed by atoms with van der Waals surface area (Å²) in [7, 11) is 1.49. The molecule has 1 aliphatic carbocycles. The number of carbonyl (C=O) groups excluding carboxylic acids is 1. The number of ether oxygens (including phenoxy) is 3. The van der Waals surface area contributed by atoms with Gasteiger partial charge < -0.3 is 24.1 Å². The Morgan fingerprint density at radius 1 is 1.11 bits per heavy atom. The van der Waals surface area contributed by atoms with Crippen LogP contribution in [0.25, 0.3) is 6.08 Å². The molecule has 2 aromatic carbocycles. The van der Waals surface area contributed by atoms with E-state index in [2.05, 4.69) is 21.9 Å². The highest BCUT2D eigenvalue weighted by Crippen LogP contribution is 2.32. The first-order valence-electron chi connectivity index (χ1n) is 12.5. The molecule has 1 aromatic heterocycles. The van der Waals surface area contributed by atoms with Gasteiger partial charge in [-0.15, -0.1) is 13.2 Å². The molecule has 0 atom stereocenters. The molecule has 1 saturated heterocycles. The van der Waals surface area contributed by atoms with E-state index in [0.29, 0.717) is 41.6 Å². The zero-order valence-electron chi connectivity index (χ0n) is 20.9. The number of fused-ring (bicyclic) bond motifs is 1. The largest absolute Gasteiger partial charge is 0.573 e. The standard InChI is InChI=1S/C28H28F3N3O4/c1-36-25-16-20(8-11-24(25)37-17-18-6-9-21(10-7-18)38-28(29,30)31)27(35)34-14-12-19(13-15-34)26-32-22-4-2-3-5-23(22)33-26/h2,4,6-11,16,19H,3,5,12-15,17H2,1H3,(H,32,33). The van der Waals surface area contributed by atoms with Crippen molar-refractivity contribution in [2.45, 2.75) is 44.6 Å². The second-order valence-electron chi connectivity index (χ2n) is 9.34. The number of aromatic amines is 1. The maximum atomic E-state index is 13.2. The summed E-state index contributed by atoms with van der Waals surface area (Å²) in [5.74, 6) is 1.77. The number of allylic oxidation sites excluding steroid dienone is 1. The topological polar surface area (TPSA) is 76.7 Å². The van der Waals surface area contributed by atoms with Gasteiger partial charge in [-0.05, 0) is 67.7 Å². The number of aromatic nitrogens is 2. The Kier molecular flexibility index (Phi) is 7.31. The van der Waals surface area contributed by atoms with E-state index in [-0.39, 0.29) is 18.3 Å². The summed E-state index contributed by atoms with van der Waals surface area (Å²) in [6, 6.07) is 10.4. The van der Waals surface area contributed by atoms with E-state index >= 15 is 0 Å². The van der Waals surface area contributed by atoms with Crippen LogP contribution in [0, 0.1) is 0 Å². The molecule has 1 fully saturated rings. The van der Waals surface area contributed by atoms with Gasteiger partial charge in [-0.1, -0.05) is 18.2 Å². The summed E-state index contributed by atoms with van der Waals surface area (Å²) < 4.78 is 52.1. The van der Waals surface area contributed by atoms with E-state index < -0.39 is 6.36 Å². The van der Waals surface area contributed by atoms with Crippen LogP contribution >= 0.6 is 0 Å². The normalized spacial score (nSPS) is 15.7. The number of likely N-dealkylation sites (tertiary alicyclic amines) is 1. The Morgan fingerprint density at radius 2 is 1.87 bits per heavy atom. The Morgan fingerprint density at radius 3 is 2.55 bits per heavy atom. The summed E-state index contributed by atoms with van der Waals surface area (Å²) >= 11 is 0. The molecule has 200 valence electrons. The van der Waals surface area contributed by atoms with Gasteiger partial charge >= 0.3 is 6.36 Å². The lowest BCUT2D eigenvalue weighted by Crippen LogP contribution is -2.38. The SMILES string of the molecule is COc1cc(C(=O)N2CCC(c3nc4c([nH]3)CCC=C4)CC2)ccc1OCc1ccc(OC(F)(F)F)cc1. The van der Waals surface area contributed by atoms with Crippen LogP contribution in [-0.4, -0.2) is 47.3 Å². The lowest BCUT2D eigenvalue weighted by atomic mass is 9.95. The van der Waals surface area contributed by atoms with E-state index in [1.165, 1.54) is 37.1 Å². The molecular weight excluding hydrogens is 499 g/mol. The number of carbonyl (C=O) groups is 1. The third-order valence-electron chi connectivity index (χ3n) is 6.80. The van der Waals surface area contributed by atoms with Gasteiger partial charge in [0.25, 0.3) is 5.91 Å². The molecule has 0 saturated carbocycles. The van der Waals surface area contributed by atoms with Gasteiger partial charge in [-0.2, -0.15) is 0 Å². The highest BCUT2D eigenvalue weighted by Gasteiger charge is 2.31. The third kappa shape index (κ3) is 5.95. The minimum absolute atomic E-state index is 0.0739. The molecule has 1 aliphatic heterocycles. The quantitative estimate of drug-likeness (QED) is 0.416. The highest BCUT2D eigenvalue weighted by molar-refractivity contribution is 5.95. The number of imidazole rings is 1.